The van der Waals surface area contributed by atoms with E-state index in [9.17, 15) is 9.59 Å². The van der Waals surface area contributed by atoms with Gasteiger partial charge in [-0.15, -0.1) is 0 Å². The molecule has 9 heteroatoms. The van der Waals surface area contributed by atoms with Crippen molar-refractivity contribution in [1.82, 2.24) is 16.0 Å². The first-order valence-corrected chi connectivity index (χ1v) is 13.0. The van der Waals surface area contributed by atoms with E-state index in [2.05, 4.69) is 16.0 Å². The van der Waals surface area contributed by atoms with Crippen molar-refractivity contribution in [2.75, 3.05) is 24.7 Å². The van der Waals surface area contributed by atoms with Gasteiger partial charge < -0.3 is 25.4 Å². The van der Waals surface area contributed by atoms with E-state index < -0.39 is 0 Å². The Labute approximate surface area is 208 Å². The van der Waals surface area contributed by atoms with Crippen LogP contribution in [0, 0.1) is 5.92 Å². The van der Waals surface area contributed by atoms with Gasteiger partial charge in [-0.05, 0) is 62.2 Å². The van der Waals surface area contributed by atoms with Crippen molar-refractivity contribution >= 4 is 29.4 Å². The minimum atomic E-state index is -0.197. The van der Waals surface area contributed by atoms with Crippen LogP contribution in [0.3, 0.4) is 0 Å². The fraction of sp³-hybridized carbons (Fsp3) is 0.385. The third kappa shape index (κ3) is 4.39. The lowest BCUT2D eigenvalue weighted by molar-refractivity contribution is -0.118. The topological polar surface area (TPSA) is 91.9 Å². The molecule has 0 bridgehead atoms. The summed E-state index contributed by atoms with van der Waals surface area (Å²) >= 11 is 1.53. The average molecular weight is 493 g/mol. The number of piperidine rings is 1. The number of urea groups is 1. The molecule has 2 aromatic carbocycles. The maximum absolute atomic E-state index is 13.3. The molecule has 0 radical (unpaired) electrons. The summed E-state index contributed by atoms with van der Waals surface area (Å²) in [5, 5.41) is 9.82. The van der Waals surface area contributed by atoms with E-state index in [1.54, 1.807) is 0 Å². The second-order valence-electron chi connectivity index (χ2n) is 9.19. The van der Waals surface area contributed by atoms with Crippen LogP contribution in [0.15, 0.2) is 65.2 Å². The summed E-state index contributed by atoms with van der Waals surface area (Å²) < 4.78 is 11.3. The van der Waals surface area contributed by atoms with Gasteiger partial charge in [-0.3, -0.25) is 9.69 Å². The van der Waals surface area contributed by atoms with Crippen molar-refractivity contribution in [3.63, 3.8) is 0 Å². The predicted octanol–water partition coefficient (Wildman–Crippen LogP) is 3.57. The number of benzene rings is 2. The minimum Gasteiger partial charge on any atom is -0.457 e. The summed E-state index contributed by atoms with van der Waals surface area (Å²) in [5.74, 6) is 1.41. The largest absolute Gasteiger partial charge is 0.457 e. The van der Waals surface area contributed by atoms with Gasteiger partial charge in [-0.2, -0.15) is 0 Å². The lowest BCUT2D eigenvalue weighted by atomic mass is 9.86. The fourth-order valence-corrected chi connectivity index (χ4v) is 6.71. The van der Waals surface area contributed by atoms with Gasteiger partial charge in [0.2, 0.25) is 0 Å². The molecule has 8 nitrogen and oxygen atoms in total. The third-order valence-corrected chi connectivity index (χ3v) is 8.35. The second kappa shape index (κ2) is 9.56. The first-order valence-electron chi connectivity index (χ1n) is 12.1. The Bertz CT molecular complexity index is 1130. The molecule has 4 heterocycles. The molecule has 3 amide bonds. The van der Waals surface area contributed by atoms with Crippen molar-refractivity contribution in [2.45, 2.75) is 36.7 Å². The Morgan fingerprint density at radius 2 is 1.77 bits per heavy atom. The second-order valence-corrected chi connectivity index (χ2v) is 10.3. The molecule has 0 spiro atoms. The molecule has 0 aliphatic carbocycles. The zero-order valence-electron chi connectivity index (χ0n) is 19.2. The van der Waals surface area contributed by atoms with Gasteiger partial charge in [-0.25, -0.2) is 4.79 Å². The third-order valence-electron chi connectivity index (χ3n) is 7.00. The van der Waals surface area contributed by atoms with Crippen molar-refractivity contribution in [3.8, 4) is 11.5 Å². The summed E-state index contributed by atoms with van der Waals surface area (Å²) in [6.45, 7) is 2.12. The monoisotopic (exact) mass is 492 g/mol. The van der Waals surface area contributed by atoms with Crippen LogP contribution < -0.4 is 25.6 Å². The van der Waals surface area contributed by atoms with Crippen LogP contribution in [0.4, 0.5) is 10.5 Å². The number of rotatable bonds is 5. The van der Waals surface area contributed by atoms with Crippen LogP contribution in [-0.4, -0.2) is 49.2 Å². The van der Waals surface area contributed by atoms with Crippen molar-refractivity contribution in [1.29, 1.82) is 0 Å². The Kier molecular flexibility index (Phi) is 6.13. The Morgan fingerprint density at radius 1 is 1.03 bits per heavy atom. The van der Waals surface area contributed by atoms with Gasteiger partial charge in [-0.1, -0.05) is 30.0 Å². The first-order chi connectivity index (χ1) is 17.2. The van der Waals surface area contributed by atoms with Gasteiger partial charge in [0.1, 0.15) is 11.5 Å². The van der Waals surface area contributed by atoms with Gasteiger partial charge >= 0.3 is 6.03 Å². The maximum Gasteiger partial charge on any atom is 0.326 e. The number of carbonyl (C=O) groups excluding carboxylic acids is 2. The van der Waals surface area contributed by atoms with E-state index in [0.717, 1.165) is 42.9 Å². The van der Waals surface area contributed by atoms with Crippen molar-refractivity contribution in [2.24, 2.45) is 5.92 Å². The van der Waals surface area contributed by atoms with Gasteiger partial charge in [0.25, 0.3) is 5.91 Å². The number of thioether (sulfide) groups is 1. The summed E-state index contributed by atoms with van der Waals surface area (Å²) in [6, 6.07) is 17.1. The summed E-state index contributed by atoms with van der Waals surface area (Å²) in [6.07, 6.45) is 2.45. The number of carbonyl (C=O) groups is 2. The molecule has 182 valence electrons. The van der Waals surface area contributed by atoms with Crippen LogP contribution in [0.25, 0.3) is 0 Å². The number of hydrogen-bond acceptors (Lipinski definition) is 6. The SMILES string of the molecule is O=C(NC1CCOCC1)C1=C2NC(=O)N(c3ccc(Oc4ccccc4)cc3)C3CCNC(S1)C23. The molecule has 3 N–H and O–H groups in total. The van der Waals surface area contributed by atoms with Crippen molar-refractivity contribution in [3.05, 3.63) is 65.2 Å². The number of para-hydroxylation sites is 1. The number of nitrogens with one attached hydrogen (secondary N) is 3. The fourth-order valence-electron chi connectivity index (χ4n) is 5.31. The quantitative estimate of drug-likeness (QED) is 0.591. The van der Waals surface area contributed by atoms with Crippen LogP contribution in [-0.2, 0) is 9.53 Å². The lowest BCUT2D eigenvalue weighted by Gasteiger charge is -2.45. The Balaban J connectivity index is 1.22. The molecule has 3 saturated heterocycles. The molecular formula is C26H28N4O4S. The van der Waals surface area contributed by atoms with E-state index in [-0.39, 0.29) is 35.3 Å². The Morgan fingerprint density at radius 3 is 2.54 bits per heavy atom. The predicted molar refractivity (Wildman–Crippen MR) is 134 cm³/mol. The van der Waals surface area contributed by atoms with E-state index in [0.29, 0.717) is 23.9 Å². The highest BCUT2D eigenvalue weighted by Gasteiger charge is 2.51. The minimum absolute atomic E-state index is 0.0215. The van der Waals surface area contributed by atoms with E-state index in [1.807, 2.05) is 59.5 Å². The molecule has 3 fully saturated rings. The van der Waals surface area contributed by atoms with Crippen molar-refractivity contribution < 1.29 is 19.1 Å². The molecule has 3 atom stereocenters. The van der Waals surface area contributed by atoms with E-state index >= 15 is 0 Å². The molecule has 4 aliphatic rings. The molecule has 4 aliphatic heterocycles. The number of ether oxygens (including phenoxy) is 2. The number of hydrogen-bond donors (Lipinski definition) is 3. The highest BCUT2D eigenvalue weighted by molar-refractivity contribution is 8.04. The lowest BCUT2D eigenvalue weighted by Crippen LogP contribution is -2.62. The standard InChI is InChI=1S/C26H28N4O4S/c31-24(28-16-11-14-33-15-12-16)23-22-21-20(10-13-27-25(21)35-23)30(26(32)29-22)17-6-8-19(9-7-17)34-18-4-2-1-3-5-18/h1-9,16,20-21,25,27H,10-15H2,(H,28,31)(H,29,32). The zero-order valence-corrected chi connectivity index (χ0v) is 20.1. The van der Waals surface area contributed by atoms with E-state index in [4.69, 9.17) is 9.47 Å². The summed E-state index contributed by atoms with van der Waals surface area (Å²) in [5.41, 5.74) is 1.57. The van der Waals surface area contributed by atoms with Gasteiger partial charge in [0, 0.05) is 36.6 Å². The smallest absolute Gasteiger partial charge is 0.326 e. The summed E-state index contributed by atoms with van der Waals surface area (Å²) in [4.78, 5) is 29.0. The molecule has 0 saturated carbocycles. The molecule has 6 rings (SSSR count). The normalized spacial score (nSPS) is 26.2. The first kappa shape index (κ1) is 22.5. The highest BCUT2D eigenvalue weighted by Crippen LogP contribution is 2.48. The molecular weight excluding hydrogens is 464 g/mol. The van der Waals surface area contributed by atoms with Crippen LogP contribution in [0.5, 0.6) is 11.5 Å². The van der Waals surface area contributed by atoms with E-state index in [1.165, 1.54) is 11.8 Å². The molecule has 35 heavy (non-hydrogen) atoms. The van der Waals surface area contributed by atoms with Gasteiger partial charge in [0.05, 0.1) is 16.3 Å². The molecule has 2 aromatic rings. The summed E-state index contributed by atoms with van der Waals surface area (Å²) in [7, 11) is 0. The Hall–Kier alpha value is -3.01. The van der Waals surface area contributed by atoms with Crippen LogP contribution >= 0.6 is 11.8 Å². The van der Waals surface area contributed by atoms with Crippen LogP contribution in [0.2, 0.25) is 0 Å². The highest BCUT2D eigenvalue weighted by atomic mass is 32.2. The molecule has 0 aromatic heterocycles. The number of amides is 3. The molecule has 3 unspecified atom stereocenters. The van der Waals surface area contributed by atoms with Crippen LogP contribution in [0.1, 0.15) is 19.3 Å². The number of nitrogens with zero attached hydrogens (tertiary/aromatic N) is 1. The van der Waals surface area contributed by atoms with Gasteiger partial charge in [0.15, 0.2) is 0 Å². The average Bonchev–Trinajstić information content (AvgIpc) is 3.26. The zero-order chi connectivity index (χ0) is 23.8. The number of anilines is 1. The maximum atomic E-state index is 13.3.